The fraction of sp³-hybridized carbons (Fsp3) is 0.333. The SMILES string of the molecule is CCNC(=O)C(CC)N(Cc1cccc(OC)c1)C(=O)CN(c1cc(Cl)ccc1OC)S(=O)(=O)c1ccc(C)c([N+](=O)[O-])c1. The average Bonchev–Trinajstić information content (AvgIpc) is 2.99. The van der Waals surface area contributed by atoms with Crippen molar-refractivity contribution >= 4 is 44.8 Å². The molecule has 0 heterocycles. The van der Waals surface area contributed by atoms with Gasteiger partial charge in [-0.3, -0.25) is 24.0 Å². The first-order valence-corrected chi connectivity index (χ1v) is 15.5. The maximum absolute atomic E-state index is 14.2. The molecule has 0 saturated heterocycles. The van der Waals surface area contributed by atoms with Gasteiger partial charge in [0.05, 0.1) is 29.7 Å². The van der Waals surface area contributed by atoms with E-state index in [4.69, 9.17) is 21.1 Å². The molecular weight excluding hydrogens is 612 g/mol. The molecule has 236 valence electrons. The van der Waals surface area contributed by atoms with Crippen molar-refractivity contribution < 1.29 is 32.4 Å². The fourth-order valence-corrected chi connectivity index (χ4v) is 6.23. The van der Waals surface area contributed by atoms with E-state index in [2.05, 4.69) is 5.32 Å². The Hall–Kier alpha value is -4.36. The van der Waals surface area contributed by atoms with E-state index < -0.39 is 49.9 Å². The molecule has 3 aromatic carbocycles. The summed E-state index contributed by atoms with van der Waals surface area (Å²) < 4.78 is 39.9. The van der Waals surface area contributed by atoms with Crippen LogP contribution in [-0.2, 0) is 26.2 Å². The first-order valence-electron chi connectivity index (χ1n) is 13.7. The number of benzene rings is 3. The lowest BCUT2D eigenvalue weighted by atomic mass is 10.1. The fourth-order valence-electron chi connectivity index (χ4n) is 4.62. The van der Waals surface area contributed by atoms with Gasteiger partial charge in [-0.05, 0) is 62.2 Å². The van der Waals surface area contributed by atoms with Gasteiger partial charge in [0, 0.05) is 29.7 Å². The highest BCUT2D eigenvalue weighted by atomic mass is 35.5. The summed E-state index contributed by atoms with van der Waals surface area (Å²) in [6.07, 6.45) is 0.235. The van der Waals surface area contributed by atoms with Crippen LogP contribution in [-0.4, -0.2) is 63.4 Å². The molecule has 1 N–H and O–H groups in total. The molecule has 44 heavy (non-hydrogen) atoms. The zero-order chi connectivity index (χ0) is 32.6. The zero-order valence-corrected chi connectivity index (χ0v) is 26.6. The van der Waals surface area contributed by atoms with E-state index in [1.165, 1.54) is 56.4 Å². The first kappa shape index (κ1) is 34.1. The van der Waals surface area contributed by atoms with Crippen LogP contribution in [0.2, 0.25) is 5.02 Å². The van der Waals surface area contributed by atoms with Crippen molar-refractivity contribution in [2.45, 2.75) is 44.7 Å². The highest BCUT2D eigenvalue weighted by molar-refractivity contribution is 7.92. The third-order valence-corrected chi connectivity index (χ3v) is 8.87. The normalized spacial score (nSPS) is 11.8. The second-order valence-electron chi connectivity index (χ2n) is 9.73. The van der Waals surface area contributed by atoms with Crippen molar-refractivity contribution in [2.75, 3.05) is 31.6 Å². The monoisotopic (exact) mass is 646 g/mol. The van der Waals surface area contributed by atoms with Crippen molar-refractivity contribution in [3.63, 3.8) is 0 Å². The minimum Gasteiger partial charge on any atom is -0.497 e. The van der Waals surface area contributed by atoms with Crippen LogP contribution in [0.5, 0.6) is 11.5 Å². The zero-order valence-electron chi connectivity index (χ0n) is 25.1. The maximum Gasteiger partial charge on any atom is 0.273 e. The van der Waals surface area contributed by atoms with Gasteiger partial charge >= 0.3 is 0 Å². The number of methoxy groups -OCH3 is 2. The van der Waals surface area contributed by atoms with Gasteiger partial charge < -0.3 is 19.7 Å². The Morgan fingerprint density at radius 3 is 2.39 bits per heavy atom. The number of nitro groups is 1. The Morgan fingerprint density at radius 1 is 1.05 bits per heavy atom. The van der Waals surface area contributed by atoms with Crippen molar-refractivity contribution in [3.05, 3.63) is 86.9 Å². The second-order valence-corrected chi connectivity index (χ2v) is 12.0. The molecule has 0 aliphatic carbocycles. The second kappa shape index (κ2) is 14.9. The summed E-state index contributed by atoms with van der Waals surface area (Å²) in [5.41, 5.74) is 0.430. The number of nitrogens with zero attached hydrogens (tertiary/aromatic N) is 3. The van der Waals surface area contributed by atoms with Gasteiger partial charge in [0.1, 0.15) is 24.1 Å². The van der Waals surface area contributed by atoms with Crippen LogP contribution >= 0.6 is 11.6 Å². The van der Waals surface area contributed by atoms with Crippen molar-refractivity contribution in [1.29, 1.82) is 0 Å². The molecule has 0 radical (unpaired) electrons. The van der Waals surface area contributed by atoms with Crippen LogP contribution in [0.3, 0.4) is 0 Å². The molecule has 0 aliphatic rings. The van der Waals surface area contributed by atoms with Gasteiger partial charge in [0.15, 0.2) is 0 Å². The number of aryl methyl sites for hydroxylation is 1. The number of likely N-dealkylation sites (N-methyl/N-ethyl adjacent to an activating group) is 1. The molecule has 12 nitrogen and oxygen atoms in total. The van der Waals surface area contributed by atoms with E-state index in [0.717, 1.165) is 10.4 Å². The third kappa shape index (κ3) is 7.77. The largest absolute Gasteiger partial charge is 0.497 e. The van der Waals surface area contributed by atoms with E-state index >= 15 is 0 Å². The Balaban J connectivity index is 2.19. The summed E-state index contributed by atoms with van der Waals surface area (Å²) in [5.74, 6) is -0.495. The van der Waals surface area contributed by atoms with Gasteiger partial charge in [0.2, 0.25) is 11.8 Å². The highest BCUT2D eigenvalue weighted by Gasteiger charge is 2.35. The minimum atomic E-state index is -4.63. The third-order valence-electron chi connectivity index (χ3n) is 6.88. The standard InChI is InChI=1S/C30H35ClN4O8S/c1-6-25(30(37)32-7-2)33(18-21-9-8-10-23(15-21)42-4)29(36)19-34(27-16-22(31)12-14-28(27)43-5)44(40,41)24-13-11-20(3)26(17-24)35(38)39/h8-17,25H,6-7,18-19H2,1-5H3,(H,32,37). The molecule has 0 aliphatic heterocycles. The Kier molecular flexibility index (Phi) is 11.5. The highest BCUT2D eigenvalue weighted by Crippen LogP contribution is 2.36. The molecule has 2 amide bonds. The van der Waals surface area contributed by atoms with Crippen molar-refractivity contribution in [2.24, 2.45) is 0 Å². The molecule has 14 heteroatoms. The van der Waals surface area contributed by atoms with E-state index in [0.29, 0.717) is 17.9 Å². The predicted octanol–water partition coefficient (Wildman–Crippen LogP) is 4.71. The summed E-state index contributed by atoms with van der Waals surface area (Å²) >= 11 is 6.26. The molecule has 0 bridgehead atoms. The number of sulfonamides is 1. The summed E-state index contributed by atoms with van der Waals surface area (Å²) in [4.78, 5) is 39.2. The molecule has 3 rings (SSSR count). The number of hydrogen-bond donors (Lipinski definition) is 1. The summed E-state index contributed by atoms with van der Waals surface area (Å²) in [6, 6.07) is 13.7. The smallest absolute Gasteiger partial charge is 0.273 e. The Labute approximate surface area is 261 Å². The molecule has 3 aromatic rings. The summed E-state index contributed by atoms with van der Waals surface area (Å²) in [5, 5.41) is 14.5. The van der Waals surface area contributed by atoms with Crippen LogP contribution < -0.4 is 19.1 Å². The van der Waals surface area contributed by atoms with E-state index in [9.17, 15) is 28.1 Å². The average molecular weight is 647 g/mol. The van der Waals surface area contributed by atoms with Gasteiger partial charge in [-0.2, -0.15) is 0 Å². The number of hydrogen-bond acceptors (Lipinski definition) is 8. The molecule has 0 saturated carbocycles. The van der Waals surface area contributed by atoms with Gasteiger partial charge in [-0.15, -0.1) is 0 Å². The van der Waals surface area contributed by atoms with Gasteiger partial charge in [-0.25, -0.2) is 8.42 Å². The number of rotatable bonds is 14. The molecule has 0 fully saturated rings. The van der Waals surface area contributed by atoms with Crippen LogP contribution in [0.1, 0.15) is 31.4 Å². The lowest BCUT2D eigenvalue weighted by molar-refractivity contribution is -0.385. The van der Waals surface area contributed by atoms with Crippen molar-refractivity contribution in [3.8, 4) is 11.5 Å². The van der Waals surface area contributed by atoms with Crippen LogP contribution in [0.15, 0.2) is 65.6 Å². The Morgan fingerprint density at radius 2 is 1.77 bits per heavy atom. The molecule has 0 aromatic heterocycles. The van der Waals surface area contributed by atoms with Crippen LogP contribution in [0.25, 0.3) is 0 Å². The van der Waals surface area contributed by atoms with Gasteiger partial charge in [0.25, 0.3) is 15.7 Å². The number of ether oxygens (including phenoxy) is 2. The van der Waals surface area contributed by atoms with E-state index in [1.54, 1.807) is 38.1 Å². The number of amides is 2. The number of nitro benzene ring substituents is 1. The number of anilines is 1. The summed E-state index contributed by atoms with van der Waals surface area (Å²) in [6.45, 7) is 4.48. The molecule has 1 atom stereocenters. The lowest BCUT2D eigenvalue weighted by Crippen LogP contribution is -2.52. The number of carbonyl (C=O) groups excluding carboxylic acids is 2. The number of nitrogens with one attached hydrogen (secondary N) is 1. The first-order chi connectivity index (χ1) is 20.9. The maximum atomic E-state index is 14.2. The van der Waals surface area contributed by atoms with Crippen LogP contribution in [0, 0.1) is 17.0 Å². The molecule has 0 spiro atoms. The minimum absolute atomic E-state index is 0.0394. The predicted molar refractivity (Wildman–Crippen MR) is 167 cm³/mol. The lowest BCUT2D eigenvalue weighted by Gasteiger charge is -2.33. The number of halogens is 1. The quantitative estimate of drug-likeness (QED) is 0.196. The van der Waals surface area contributed by atoms with E-state index in [1.807, 2.05) is 0 Å². The van der Waals surface area contributed by atoms with E-state index in [-0.39, 0.29) is 35.0 Å². The topological polar surface area (TPSA) is 148 Å². The number of carbonyl (C=O) groups is 2. The molecule has 1 unspecified atom stereocenters. The van der Waals surface area contributed by atoms with Crippen LogP contribution in [0.4, 0.5) is 11.4 Å². The van der Waals surface area contributed by atoms with Crippen molar-refractivity contribution in [1.82, 2.24) is 10.2 Å². The molecular formula is C30H35ClN4O8S. The Bertz CT molecular complexity index is 1630. The van der Waals surface area contributed by atoms with Gasteiger partial charge in [-0.1, -0.05) is 36.7 Å². The summed E-state index contributed by atoms with van der Waals surface area (Å²) in [7, 11) is -1.80.